The molecule has 1 aromatic rings. The lowest BCUT2D eigenvalue weighted by Crippen LogP contribution is -2.56. The van der Waals surface area contributed by atoms with Crippen LogP contribution in [-0.4, -0.2) is 47.9 Å². The van der Waals surface area contributed by atoms with E-state index in [9.17, 15) is 9.18 Å². The second-order valence-corrected chi connectivity index (χ2v) is 8.35. The van der Waals surface area contributed by atoms with Crippen LogP contribution in [-0.2, 0) is 11.3 Å². The van der Waals surface area contributed by atoms with Crippen LogP contribution in [0.4, 0.5) is 4.39 Å². The lowest BCUT2D eigenvalue weighted by atomic mass is 9.79. The topological polar surface area (TPSA) is 49.6 Å². The average Bonchev–Trinajstić information content (AvgIpc) is 2.57. The Balaban J connectivity index is 0.00000182. The number of nitrogens with zero attached hydrogens (tertiary/aromatic N) is 2. The van der Waals surface area contributed by atoms with Crippen LogP contribution in [0.25, 0.3) is 0 Å². The van der Waals surface area contributed by atoms with E-state index in [1.54, 1.807) is 12.1 Å². The summed E-state index contributed by atoms with van der Waals surface area (Å²) in [4.78, 5) is 17.3. The maximum absolute atomic E-state index is 13.4. The predicted octanol–water partition coefficient (Wildman–Crippen LogP) is 3.47. The van der Waals surface area contributed by atoms with Gasteiger partial charge in [0, 0.05) is 32.2 Å². The van der Waals surface area contributed by atoms with E-state index >= 15 is 0 Å². The van der Waals surface area contributed by atoms with E-state index in [0.29, 0.717) is 6.54 Å². The summed E-state index contributed by atoms with van der Waals surface area (Å²) in [6, 6.07) is 6.90. The van der Waals surface area contributed by atoms with E-state index in [2.05, 4.69) is 18.7 Å². The number of amides is 1. The second-order valence-electron chi connectivity index (χ2n) is 8.35. The normalized spacial score (nSPS) is 25.3. The Morgan fingerprint density at radius 1 is 1.26 bits per heavy atom. The van der Waals surface area contributed by atoms with Gasteiger partial charge in [0.2, 0.25) is 5.91 Å². The first-order valence-corrected chi connectivity index (χ1v) is 9.36. The van der Waals surface area contributed by atoms with Crippen LogP contribution in [0, 0.1) is 17.2 Å². The Hall–Kier alpha value is -0.880. The first-order chi connectivity index (χ1) is 11.8. The van der Waals surface area contributed by atoms with Crippen molar-refractivity contribution in [3.63, 3.8) is 0 Å². The molecule has 2 heterocycles. The number of carbonyl (C=O) groups is 1. The van der Waals surface area contributed by atoms with E-state index < -0.39 is 0 Å². The molecule has 154 valence electrons. The van der Waals surface area contributed by atoms with E-state index in [1.807, 2.05) is 11.0 Å². The molecule has 2 aliphatic rings. The molecule has 2 fully saturated rings. The zero-order valence-corrected chi connectivity index (χ0v) is 17.8. The molecule has 4 nitrogen and oxygen atoms in total. The number of halogens is 3. The number of nitrogens with two attached hydrogens (primary N) is 1. The van der Waals surface area contributed by atoms with Crippen molar-refractivity contribution in [1.82, 2.24) is 9.80 Å². The van der Waals surface area contributed by atoms with Gasteiger partial charge in [-0.1, -0.05) is 26.0 Å². The number of carbonyl (C=O) groups excluding carboxylic acids is 1. The predicted molar refractivity (Wildman–Crippen MR) is 112 cm³/mol. The van der Waals surface area contributed by atoms with Crippen LogP contribution in [0.3, 0.4) is 0 Å². The molecule has 1 aromatic carbocycles. The molecule has 0 spiro atoms. The molecule has 2 atom stereocenters. The lowest BCUT2D eigenvalue weighted by molar-refractivity contribution is -0.141. The summed E-state index contributed by atoms with van der Waals surface area (Å²) in [5, 5.41) is 0. The van der Waals surface area contributed by atoms with Crippen molar-refractivity contribution in [1.29, 1.82) is 0 Å². The van der Waals surface area contributed by atoms with Gasteiger partial charge in [-0.2, -0.15) is 0 Å². The molecule has 7 heteroatoms. The van der Waals surface area contributed by atoms with Crippen molar-refractivity contribution in [3.8, 4) is 0 Å². The fourth-order valence-corrected chi connectivity index (χ4v) is 4.11. The highest BCUT2D eigenvalue weighted by Gasteiger charge is 2.38. The largest absolute Gasteiger partial charge is 0.342 e. The van der Waals surface area contributed by atoms with Gasteiger partial charge in [-0.25, -0.2) is 4.39 Å². The summed E-state index contributed by atoms with van der Waals surface area (Å²) in [6.07, 6.45) is 2.84. The zero-order valence-electron chi connectivity index (χ0n) is 16.2. The van der Waals surface area contributed by atoms with Crippen molar-refractivity contribution in [2.24, 2.45) is 17.1 Å². The number of piperidine rings is 2. The monoisotopic (exact) mass is 419 g/mol. The van der Waals surface area contributed by atoms with Gasteiger partial charge in [-0.15, -0.1) is 24.8 Å². The summed E-state index contributed by atoms with van der Waals surface area (Å²) in [7, 11) is 0. The average molecular weight is 420 g/mol. The first-order valence-electron chi connectivity index (χ1n) is 9.36. The summed E-state index contributed by atoms with van der Waals surface area (Å²) in [6.45, 7) is 8.24. The third-order valence-electron chi connectivity index (χ3n) is 5.77. The summed E-state index contributed by atoms with van der Waals surface area (Å²) in [5.74, 6) is 0.116. The van der Waals surface area contributed by atoms with Crippen molar-refractivity contribution < 1.29 is 9.18 Å². The number of hydrogen-bond donors (Lipinski definition) is 1. The number of likely N-dealkylation sites (tertiary alicyclic amines) is 2. The smallest absolute Gasteiger partial charge is 0.226 e. The van der Waals surface area contributed by atoms with Crippen LogP contribution in [0.1, 0.15) is 38.7 Å². The highest BCUT2D eigenvalue weighted by Crippen LogP contribution is 2.30. The van der Waals surface area contributed by atoms with E-state index in [1.165, 1.54) is 6.07 Å². The molecule has 0 aliphatic carbocycles. The van der Waals surface area contributed by atoms with Crippen LogP contribution in [0.5, 0.6) is 0 Å². The molecule has 0 bridgehead atoms. The minimum Gasteiger partial charge on any atom is -0.342 e. The molecule has 3 rings (SSSR count). The maximum atomic E-state index is 13.4. The Morgan fingerprint density at radius 2 is 2.00 bits per heavy atom. The van der Waals surface area contributed by atoms with Gasteiger partial charge in [0.05, 0.1) is 5.92 Å². The third-order valence-corrected chi connectivity index (χ3v) is 5.77. The Kier molecular flexibility index (Phi) is 9.00. The van der Waals surface area contributed by atoms with E-state index in [-0.39, 0.29) is 53.9 Å². The highest BCUT2D eigenvalue weighted by molar-refractivity contribution is 5.85. The van der Waals surface area contributed by atoms with Crippen LogP contribution in [0.15, 0.2) is 24.3 Å². The van der Waals surface area contributed by atoms with Gasteiger partial charge in [0.15, 0.2) is 0 Å². The standard InChI is InChI=1S/C20H30FN3O.2ClH/c1-20(2)14-24(10-8-18(20)22)19(25)16-6-4-9-23(13-16)12-15-5-3-7-17(21)11-15;;/h3,5,7,11,16,18H,4,6,8-10,12-14,22H2,1-2H3;2*1H. The maximum Gasteiger partial charge on any atom is 0.226 e. The number of benzene rings is 1. The first kappa shape index (κ1) is 24.2. The highest BCUT2D eigenvalue weighted by atomic mass is 35.5. The molecular formula is C20H32Cl2FN3O. The Bertz CT molecular complexity index is 629. The molecule has 0 radical (unpaired) electrons. The van der Waals surface area contributed by atoms with Crippen molar-refractivity contribution in [2.45, 2.75) is 45.7 Å². The summed E-state index contributed by atoms with van der Waals surface area (Å²) >= 11 is 0. The molecular weight excluding hydrogens is 388 g/mol. The lowest BCUT2D eigenvalue weighted by Gasteiger charge is -2.44. The van der Waals surface area contributed by atoms with E-state index in [0.717, 1.165) is 51.0 Å². The molecule has 27 heavy (non-hydrogen) atoms. The van der Waals surface area contributed by atoms with E-state index in [4.69, 9.17) is 5.73 Å². The molecule has 2 unspecified atom stereocenters. The van der Waals surface area contributed by atoms with Gasteiger partial charge in [-0.05, 0) is 48.9 Å². The molecule has 2 saturated heterocycles. The minimum atomic E-state index is -0.200. The fraction of sp³-hybridized carbons (Fsp3) is 0.650. The number of rotatable bonds is 3. The molecule has 0 saturated carbocycles. The van der Waals surface area contributed by atoms with Crippen molar-refractivity contribution in [2.75, 3.05) is 26.2 Å². The van der Waals surface area contributed by atoms with Gasteiger partial charge in [0.25, 0.3) is 0 Å². The third kappa shape index (κ3) is 6.05. The second kappa shape index (κ2) is 10.1. The zero-order chi connectivity index (χ0) is 18.0. The summed E-state index contributed by atoms with van der Waals surface area (Å²) in [5.41, 5.74) is 7.14. The molecule has 2 N–H and O–H groups in total. The van der Waals surface area contributed by atoms with Gasteiger partial charge in [0.1, 0.15) is 5.82 Å². The summed E-state index contributed by atoms with van der Waals surface area (Å²) < 4.78 is 13.4. The number of hydrogen-bond acceptors (Lipinski definition) is 3. The van der Waals surface area contributed by atoms with Gasteiger partial charge < -0.3 is 10.6 Å². The van der Waals surface area contributed by atoms with Crippen LogP contribution in [0.2, 0.25) is 0 Å². The molecule has 0 aromatic heterocycles. The SMILES string of the molecule is CC1(C)CN(C(=O)C2CCCN(Cc3cccc(F)c3)C2)CCC1N.Cl.Cl. The van der Waals surface area contributed by atoms with Gasteiger partial charge in [-0.3, -0.25) is 9.69 Å². The molecule has 1 amide bonds. The molecule has 2 aliphatic heterocycles. The van der Waals surface area contributed by atoms with Gasteiger partial charge >= 0.3 is 0 Å². The van der Waals surface area contributed by atoms with Crippen LogP contribution < -0.4 is 5.73 Å². The Labute approximate surface area is 174 Å². The van der Waals surface area contributed by atoms with Crippen molar-refractivity contribution >= 4 is 30.7 Å². The van der Waals surface area contributed by atoms with Crippen LogP contribution >= 0.6 is 24.8 Å². The van der Waals surface area contributed by atoms with Crippen molar-refractivity contribution in [3.05, 3.63) is 35.6 Å². The quantitative estimate of drug-likeness (QED) is 0.815. The fourth-order valence-electron chi connectivity index (χ4n) is 4.11. The Morgan fingerprint density at radius 3 is 2.67 bits per heavy atom. The minimum absolute atomic E-state index is 0.